The molecule has 2 N–H and O–H groups in total. The van der Waals surface area contributed by atoms with E-state index in [4.69, 9.17) is 0 Å². The molecule has 86 valence electrons. The van der Waals surface area contributed by atoms with Gasteiger partial charge in [-0.15, -0.1) is 0 Å². The van der Waals surface area contributed by atoms with E-state index < -0.39 is 0 Å². The summed E-state index contributed by atoms with van der Waals surface area (Å²) in [4.78, 5) is 12.0. The van der Waals surface area contributed by atoms with Gasteiger partial charge < -0.3 is 5.32 Å². The molecule has 1 aliphatic rings. The Hall–Kier alpha value is -1.35. The van der Waals surface area contributed by atoms with E-state index in [0.717, 1.165) is 12.0 Å². The standard InChI is InChI=1S/C13H18N2O/c1-3-11-14-9(2)12(13(16)15-11)10-7-5-4-6-8-10/h4-9,11-12,14H,3H2,1-2H3,(H,15,16). The number of hydrogen-bond acceptors (Lipinski definition) is 2. The van der Waals surface area contributed by atoms with Crippen LogP contribution in [-0.2, 0) is 4.79 Å². The highest BCUT2D eigenvalue weighted by Gasteiger charge is 2.33. The molecule has 1 heterocycles. The fraction of sp³-hybridized carbons (Fsp3) is 0.462. The summed E-state index contributed by atoms with van der Waals surface area (Å²) in [5.74, 6) is 0.0494. The lowest BCUT2D eigenvalue weighted by Crippen LogP contribution is -2.59. The first-order valence-corrected chi connectivity index (χ1v) is 5.83. The molecule has 3 unspecified atom stereocenters. The molecule has 2 rings (SSSR count). The van der Waals surface area contributed by atoms with Gasteiger partial charge in [0.2, 0.25) is 5.91 Å². The van der Waals surface area contributed by atoms with Crippen LogP contribution in [0.2, 0.25) is 0 Å². The van der Waals surface area contributed by atoms with Gasteiger partial charge in [0.25, 0.3) is 0 Å². The number of rotatable bonds is 2. The maximum Gasteiger partial charge on any atom is 0.230 e. The van der Waals surface area contributed by atoms with Gasteiger partial charge in [-0.05, 0) is 18.9 Å². The van der Waals surface area contributed by atoms with Crippen LogP contribution in [0.25, 0.3) is 0 Å². The summed E-state index contributed by atoms with van der Waals surface area (Å²) >= 11 is 0. The van der Waals surface area contributed by atoms with Crippen molar-refractivity contribution in [1.82, 2.24) is 10.6 Å². The molecule has 1 saturated heterocycles. The lowest BCUT2D eigenvalue weighted by atomic mass is 9.89. The van der Waals surface area contributed by atoms with Gasteiger partial charge in [0.15, 0.2) is 0 Å². The molecule has 1 aromatic rings. The number of benzene rings is 1. The molecule has 1 aliphatic heterocycles. The maximum atomic E-state index is 12.0. The van der Waals surface area contributed by atoms with Crippen molar-refractivity contribution in [1.29, 1.82) is 0 Å². The molecule has 3 atom stereocenters. The summed E-state index contributed by atoms with van der Waals surface area (Å²) in [6.07, 6.45) is 1.03. The van der Waals surface area contributed by atoms with Crippen LogP contribution in [0.5, 0.6) is 0 Å². The molecule has 1 fully saturated rings. The maximum absolute atomic E-state index is 12.0. The van der Waals surface area contributed by atoms with Gasteiger partial charge in [-0.1, -0.05) is 37.3 Å². The SMILES string of the molecule is CCC1NC(=O)C(c2ccccc2)C(C)N1. The molecular weight excluding hydrogens is 200 g/mol. The predicted molar refractivity (Wildman–Crippen MR) is 64.0 cm³/mol. The van der Waals surface area contributed by atoms with Crippen LogP contribution in [-0.4, -0.2) is 18.1 Å². The third-order valence-corrected chi connectivity index (χ3v) is 3.13. The van der Waals surface area contributed by atoms with Gasteiger partial charge in [0.1, 0.15) is 0 Å². The van der Waals surface area contributed by atoms with Gasteiger partial charge in [-0.25, -0.2) is 0 Å². The predicted octanol–water partition coefficient (Wildman–Crippen LogP) is 1.61. The molecule has 3 nitrogen and oxygen atoms in total. The molecule has 0 bridgehead atoms. The highest BCUT2D eigenvalue weighted by molar-refractivity contribution is 5.85. The Morgan fingerprint density at radius 1 is 1.25 bits per heavy atom. The largest absolute Gasteiger partial charge is 0.340 e. The number of amides is 1. The Labute approximate surface area is 96.2 Å². The molecule has 1 aromatic carbocycles. The average Bonchev–Trinajstić information content (AvgIpc) is 2.29. The molecule has 1 amide bonds. The van der Waals surface area contributed by atoms with E-state index in [1.54, 1.807) is 0 Å². The first-order chi connectivity index (χ1) is 7.72. The minimum absolute atomic E-state index is 0.0796. The zero-order valence-corrected chi connectivity index (χ0v) is 9.73. The van der Waals surface area contributed by atoms with Crippen LogP contribution in [0.4, 0.5) is 0 Å². The van der Waals surface area contributed by atoms with E-state index in [-0.39, 0.29) is 24.0 Å². The Balaban J connectivity index is 2.20. The monoisotopic (exact) mass is 218 g/mol. The zero-order chi connectivity index (χ0) is 11.5. The number of carbonyl (C=O) groups is 1. The second-order valence-corrected chi connectivity index (χ2v) is 4.31. The lowest BCUT2D eigenvalue weighted by molar-refractivity contribution is -0.126. The van der Waals surface area contributed by atoms with E-state index in [0.29, 0.717) is 0 Å². The smallest absolute Gasteiger partial charge is 0.230 e. The minimum atomic E-state index is -0.0796. The van der Waals surface area contributed by atoms with E-state index in [1.165, 1.54) is 0 Å². The number of carbonyl (C=O) groups excluding carboxylic acids is 1. The van der Waals surface area contributed by atoms with Crippen molar-refractivity contribution in [3.8, 4) is 0 Å². The Bertz CT molecular complexity index is 363. The van der Waals surface area contributed by atoms with Crippen LogP contribution in [0.3, 0.4) is 0 Å². The summed E-state index contributed by atoms with van der Waals surface area (Å²) in [7, 11) is 0. The summed E-state index contributed by atoms with van der Waals surface area (Å²) in [6, 6.07) is 10.1. The van der Waals surface area contributed by atoms with Crippen molar-refractivity contribution in [3.05, 3.63) is 35.9 Å². The van der Waals surface area contributed by atoms with Gasteiger partial charge in [-0.3, -0.25) is 10.1 Å². The van der Waals surface area contributed by atoms with Gasteiger partial charge >= 0.3 is 0 Å². The molecule has 0 radical (unpaired) electrons. The highest BCUT2D eigenvalue weighted by atomic mass is 16.2. The van der Waals surface area contributed by atoms with E-state index in [1.807, 2.05) is 30.3 Å². The molecular formula is C13H18N2O. The molecule has 0 aliphatic carbocycles. The van der Waals surface area contributed by atoms with Gasteiger partial charge in [-0.2, -0.15) is 0 Å². The van der Waals surface area contributed by atoms with Crippen LogP contribution in [0.1, 0.15) is 31.7 Å². The quantitative estimate of drug-likeness (QED) is 0.792. The topological polar surface area (TPSA) is 41.1 Å². The Morgan fingerprint density at radius 3 is 2.50 bits per heavy atom. The Kier molecular flexibility index (Phi) is 3.25. The molecule has 16 heavy (non-hydrogen) atoms. The van der Waals surface area contributed by atoms with Crippen molar-refractivity contribution in [2.75, 3.05) is 0 Å². The first kappa shape index (κ1) is 11.1. The summed E-state index contributed by atoms with van der Waals surface area (Å²) < 4.78 is 0. The van der Waals surface area contributed by atoms with E-state index >= 15 is 0 Å². The van der Waals surface area contributed by atoms with Crippen molar-refractivity contribution < 1.29 is 4.79 Å². The third kappa shape index (κ3) is 2.09. The third-order valence-electron chi connectivity index (χ3n) is 3.13. The van der Waals surface area contributed by atoms with Crippen molar-refractivity contribution in [3.63, 3.8) is 0 Å². The minimum Gasteiger partial charge on any atom is -0.340 e. The van der Waals surface area contributed by atoms with Crippen LogP contribution in [0, 0.1) is 0 Å². The summed E-state index contributed by atoms with van der Waals surface area (Å²) in [5.41, 5.74) is 1.08. The normalized spacial score (nSPS) is 29.9. The molecule has 0 saturated carbocycles. The highest BCUT2D eigenvalue weighted by Crippen LogP contribution is 2.23. The van der Waals surface area contributed by atoms with Crippen molar-refractivity contribution in [2.24, 2.45) is 0 Å². The number of hydrogen-bond donors (Lipinski definition) is 2. The van der Waals surface area contributed by atoms with Gasteiger partial charge in [0.05, 0.1) is 12.1 Å². The summed E-state index contributed by atoms with van der Waals surface area (Å²) in [5, 5.41) is 6.41. The van der Waals surface area contributed by atoms with Crippen molar-refractivity contribution in [2.45, 2.75) is 38.4 Å². The first-order valence-electron chi connectivity index (χ1n) is 5.83. The average molecular weight is 218 g/mol. The molecule has 3 heteroatoms. The number of nitrogens with one attached hydrogen (secondary N) is 2. The fourth-order valence-corrected chi connectivity index (χ4v) is 2.26. The van der Waals surface area contributed by atoms with E-state index in [2.05, 4.69) is 24.5 Å². The van der Waals surface area contributed by atoms with Gasteiger partial charge in [0, 0.05) is 6.04 Å². The lowest BCUT2D eigenvalue weighted by Gasteiger charge is -2.35. The van der Waals surface area contributed by atoms with Crippen molar-refractivity contribution >= 4 is 5.91 Å². The molecule has 0 aromatic heterocycles. The summed E-state index contributed by atoms with van der Waals surface area (Å²) in [6.45, 7) is 4.13. The molecule has 0 spiro atoms. The fourth-order valence-electron chi connectivity index (χ4n) is 2.26. The van der Waals surface area contributed by atoms with Crippen LogP contribution >= 0.6 is 0 Å². The second-order valence-electron chi connectivity index (χ2n) is 4.31. The van der Waals surface area contributed by atoms with E-state index in [9.17, 15) is 4.79 Å². The second kappa shape index (κ2) is 4.66. The Morgan fingerprint density at radius 2 is 1.94 bits per heavy atom. The van der Waals surface area contributed by atoms with Crippen LogP contribution < -0.4 is 10.6 Å². The van der Waals surface area contributed by atoms with Crippen LogP contribution in [0.15, 0.2) is 30.3 Å². The zero-order valence-electron chi connectivity index (χ0n) is 9.73.